The zero-order chi connectivity index (χ0) is 22.1. The highest BCUT2D eigenvalue weighted by Gasteiger charge is 2.17. The van der Waals surface area contributed by atoms with Crippen LogP contribution in [0.25, 0.3) is 27.7 Å². The fourth-order valence-corrected chi connectivity index (χ4v) is 4.72. The van der Waals surface area contributed by atoms with Gasteiger partial charge in [0, 0.05) is 41.5 Å². The number of fused-ring (bicyclic) bond motifs is 3. The number of nitrogens with two attached hydrogens (primary N) is 1. The molecule has 3 heterocycles. The molecule has 3 N–H and O–H groups in total. The van der Waals surface area contributed by atoms with Gasteiger partial charge in [0.05, 0.1) is 36.8 Å². The topological polar surface area (TPSA) is 80.7 Å². The lowest BCUT2D eigenvalue weighted by atomic mass is 9.98. The van der Waals surface area contributed by atoms with E-state index in [1.54, 1.807) is 12.5 Å². The summed E-state index contributed by atoms with van der Waals surface area (Å²) in [5.74, 6) is 0.451. The second kappa shape index (κ2) is 8.94. The smallest absolute Gasteiger partial charge is 0.150 e. The van der Waals surface area contributed by atoms with E-state index in [0.29, 0.717) is 10.8 Å². The molecule has 0 atom stereocenters. The van der Waals surface area contributed by atoms with E-state index in [0.717, 1.165) is 84.7 Å². The van der Waals surface area contributed by atoms with Crippen LogP contribution in [-0.4, -0.2) is 58.7 Å². The number of imidazole rings is 1. The number of aromatic nitrogens is 3. The summed E-state index contributed by atoms with van der Waals surface area (Å²) in [6.45, 7) is 7.68. The fraction of sp³-hybridized carbons (Fsp3) is 0.333. The van der Waals surface area contributed by atoms with Crippen LogP contribution in [0, 0.1) is 6.92 Å². The molecule has 1 saturated heterocycles. The first kappa shape index (κ1) is 21.0. The van der Waals surface area contributed by atoms with Gasteiger partial charge in [0.1, 0.15) is 11.3 Å². The minimum atomic E-state index is 0.451. The number of nitrogens with one attached hydrogen (secondary N) is 1. The second-order valence-electron chi connectivity index (χ2n) is 8.20. The zero-order valence-electron chi connectivity index (χ0n) is 18.1. The van der Waals surface area contributed by atoms with Crippen molar-refractivity contribution in [3.05, 3.63) is 53.4 Å². The van der Waals surface area contributed by atoms with Gasteiger partial charge in [-0.2, -0.15) is 0 Å². The molecule has 0 saturated carbocycles. The number of ether oxygens (including phenoxy) is 1. The third kappa shape index (κ3) is 3.99. The average molecular weight is 451 g/mol. The van der Waals surface area contributed by atoms with Crippen molar-refractivity contribution in [3.63, 3.8) is 0 Å². The van der Waals surface area contributed by atoms with Crippen LogP contribution in [0.5, 0.6) is 0 Å². The van der Waals surface area contributed by atoms with Gasteiger partial charge in [-0.25, -0.2) is 9.97 Å². The van der Waals surface area contributed by atoms with Gasteiger partial charge in [0.25, 0.3) is 0 Å². The molecule has 2 aromatic carbocycles. The third-order valence-corrected chi connectivity index (χ3v) is 6.37. The van der Waals surface area contributed by atoms with E-state index in [2.05, 4.69) is 40.3 Å². The molecule has 0 aliphatic carbocycles. The molecule has 0 amide bonds. The summed E-state index contributed by atoms with van der Waals surface area (Å²) in [5, 5.41) is 4.30. The Morgan fingerprint density at radius 3 is 2.84 bits per heavy atom. The number of rotatable bonds is 6. The Labute approximate surface area is 192 Å². The van der Waals surface area contributed by atoms with Crippen LogP contribution in [0.4, 0.5) is 11.5 Å². The Balaban J connectivity index is 1.53. The van der Waals surface area contributed by atoms with Gasteiger partial charge in [0.2, 0.25) is 0 Å². The first-order valence-electron chi connectivity index (χ1n) is 11.0. The molecule has 0 unspecified atom stereocenters. The lowest BCUT2D eigenvalue weighted by Crippen LogP contribution is -2.37. The second-order valence-corrected chi connectivity index (χ2v) is 8.61. The Hall–Kier alpha value is -2.87. The van der Waals surface area contributed by atoms with Crippen molar-refractivity contribution in [1.82, 2.24) is 19.3 Å². The largest absolute Gasteiger partial charge is 0.385 e. The van der Waals surface area contributed by atoms with Crippen LogP contribution in [0.15, 0.2) is 42.9 Å². The summed E-state index contributed by atoms with van der Waals surface area (Å²) >= 11 is 6.65. The highest BCUT2D eigenvalue weighted by atomic mass is 35.5. The standard InChI is InChI=1S/C24H27ClN6O/c1-16-4-2-5-19(25)22(16)18-12-17(28-6-3-7-30-8-10-32-11-9-30)13-20-23(18)29-24(26)21-14-27-15-31(20)21/h2,4-5,12-15,28H,3,6-11H2,1H3,(H2,26,29). The molecule has 8 heteroatoms. The maximum atomic E-state index is 6.65. The monoisotopic (exact) mass is 450 g/mol. The predicted molar refractivity (Wildman–Crippen MR) is 130 cm³/mol. The number of hydrogen-bond donors (Lipinski definition) is 2. The van der Waals surface area contributed by atoms with Gasteiger partial charge in [-0.1, -0.05) is 23.7 Å². The number of hydrogen-bond acceptors (Lipinski definition) is 6. The van der Waals surface area contributed by atoms with Gasteiger partial charge < -0.3 is 15.8 Å². The first-order chi connectivity index (χ1) is 15.6. The summed E-state index contributed by atoms with van der Waals surface area (Å²) in [4.78, 5) is 11.5. The molecule has 4 aromatic rings. The molecule has 1 aliphatic rings. The van der Waals surface area contributed by atoms with Crippen LogP contribution in [0.3, 0.4) is 0 Å². The zero-order valence-corrected chi connectivity index (χ0v) is 18.9. The highest BCUT2D eigenvalue weighted by Crippen LogP contribution is 2.38. The molecular weight excluding hydrogens is 424 g/mol. The van der Waals surface area contributed by atoms with Crippen LogP contribution in [0.1, 0.15) is 12.0 Å². The quantitative estimate of drug-likeness (QED) is 0.428. The van der Waals surface area contributed by atoms with Crippen molar-refractivity contribution in [3.8, 4) is 11.1 Å². The van der Waals surface area contributed by atoms with E-state index in [-0.39, 0.29) is 0 Å². The number of halogens is 1. The van der Waals surface area contributed by atoms with Crippen molar-refractivity contribution in [2.45, 2.75) is 13.3 Å². The third-order valence-electron chi connectivity index (χ3n) is 6.06. The molecule has 1 aliphatic heterocycles. The number of benzene rings is 2. The predicted octanol–water partition coefficient (Wildman–Crippen LogP) is 4.23. The number of aryl methyl sites for hydroxylation is 1. The molecule has 32 heavy (non-hydrogen) atoms. The maximum absolute atomic E-state index is 6.65. The number of anilines is 2. The SMILES string of the molecule is Cc1cccc(Cl)c1-c1cc(NCCCN2CCOCC2)cc2c1nc(N)c1cncn12. The van der Waals surface area contributed by atoms with Crippen LogP contribution in [-0.2, 0) is 4.74 Å². The van der Waals surface area contributed by atoms with Gasteiger partial charge >= 0.3 is 0 Å². The first-order valence-corrected chi connectivity index (χ1v) is 11.3. The van der Waals surface area contributed by atoms with E-state index in [1.165, 1.54) is 0 Å². The van der Waals surface area contributed by atoms with Gasteiger partial charge in [-0.15, -0.1) is 0 Å². The Kier molecular flexibility index (Phi) is 5.87. The minimum absolute atomic E-state index is 0.451. The lowest BCUT2D eigenvalue weighted by Gasteiger charge is -2.26. The summed E-state index contributed by atoms with van der Waals surface area (Å²) in [6, 6.07) is 10.2. The summed E-state index contributed by atoms with van der Waals surface area (Å²) < 4.78 is 7.43. The Bertz CT molecular complexity index is 1240. The number of nitrogen functional groups attached to an aromatic ring is 1. The molecule has 0 bridgehead atoms. The van der Waals surface area contributed by atoms with Crippen LogP contribution in [0.2, 0.25) is 5.02 Å². The number of morpholine rings is 1. The molecule has 0 spiro atoms. The molecule has 5 rings (SSSR count). The molecular formula is C24H27ClN6O. The van der Waals surface area contributed by atoms with E-state index in [1.807, 2.05) is 16.5 Å². The molecule has 166 valence electrons. The van der Waals surface area contributed by atoms with E-state index in [9.17, 15) is 0 Å². The van der Waals surface area contributed by atoms with Gasteiger partial charge in [-0.3, -0.25) is 9.30 Å². The Morgan fingerprint density at radius 1 is 1.19 bits per heavy atom. The van der Waals surface area contributed by atoms with Crippen molar-refractivity contribution in [2.75, 3.05) is 50.4 Å². The van der Waals surface area contributed by atoms with E-state index < -0.39 is 0 Å². The summed E-state index contributed by atoms with van der Waals surface area (Å²) in [6.07, 6.45) is 4.57. The normalized spacial score (nSPS) is 14.9. The van der Waals surface area contributed by atoms with Crippen LogP contribution < -0.4 is 11.1 Å². The van der Waals surface area contributed by atoms with E-state index >= 15 is 0 Å². The van der Waals surface area contributed by atoms with Crippen molar-refractivity contribution < 1.29 is 4.74 Å². The minimum Gasteiger partial charge on any atom is -0.385 e. The summed E-state index contributed by atoms with van der Waals surface area (Å²) in [5.41, 5.74) is 12.9. The lowest BCUT2D eigenvalue weighted by molar-refractivity contribution is 0.0378. The molecule has 1 fully saturated rings. The fourth-order valence-electron chi connectivity index (χ4n) is 4.40. The Morgan fingerprint density at radius 2 is 2.03 bits per heavy atom. The van der Waals surface area contributed by atoms with Crippen molar-refractivity contribution in [1.29, 1.82) is 0 Å². The molecule has 7 nitrogen and oxygen atoms in total. The van der Waals surface area contributed by atoms with E-state index in [4.69, 9.17) is 27.1 Å². The summed E-state index contributed by atoms with van der Waals surface area (Å²) in [7, 11) is 0. The van der Waals surface area contributed by atoms with Crippen molar-refractivity contribution >= 4 is 39.7 Å². The van der Waals surface area contributed by atoms with Crippen LogP contribution >= 0.6 is 11.6 Å². The average Bonchev–Trinajstić information content (AvgIpc) is 3.29. The van der Waals surface area contributed by atoms with Gasteiger partial charge in [-0.05, 0) is 43.7 Å². The van der Waals surface area contributed by atoms with Gasteiger partial charge in [0.15, 0.2) is 0 Å². The molecule has 0 radical (unpaired) electrons. The molecule has 2 aromatic heterocycles. The van der Waals surface area contributed by atoms with Crippen molar-refractivity contribution in [2.24, 2.45) is 0 Å². The maximum Gasteiger partial charge on any atom is 0.150 e. The number of nitrogens with zero attached hydrogens (tertiary/aromatic N) is 4. The highest BCUT2D eigenvalue weighted by molar-refractivity contribution is 6.34.